The van der Waals surface area contributed by atoms with Crippen LogP contribution in [-0.4, -0.2) is 5.75 Å². The number of thioether (sulfide) groups is 2. The van der Waals surface area contributed by atoms with Gasteiger partial charge in [-0.05, 0) is 35.2 Å². The van der Waals surface area contributed by atoms with Crippen LogP contribution >= 0.6 is 36.2 Å². The van der Waals surface area contributed by atoms with Gasteiger partial charge in [0.25, 0.3) is 0 Å². The van der Waals surface area contributed by atoms with Crippen LogP contribution in [0.2, 0.25) is 0 Å². The minimum atomic E-state index is 0.447. The van der Waals surface area contributed by atoms with Gasteiger partial charge in [-0.1, -0.05) is 30.3 Å². The molecule has 0 aromatic heterocycles. The van der Waals surface area contributed by atoms with E-state index < -0.39 is 0 Å². The van der Waals surface area contributed by atoms with Crippen molar-refractivity contribution in [2.24, 2.45) is 0 Å². The van der Waals surface area contributed by atoms with Gasteiger partial charge < -0.3 is 4.74 Å². The van der Waals surface area contributed by atoms with Gasteiger partial charge in [-0.3, -0.25) is 0 Å². The zero-order chi connectivity index (χ0) is 13.8. The quantitative estimate of drug-likeness (QED) is 0.722. The largest absolute Gasteiger partial charge is 0.457 e. The molecule has 1 atom stereocenters. The molecule has 0 spiro atoms. The molecule has 102 valence electrons. The van der Waals surface area contributed by atoms with Crippen LogP contribution in [0.25, 0.3) is 0 Å². The summed E-state index contributed by atoms with van der Waals surface area (Å²) in [7, 11) is 0. The maximum absolute atomic E-state index is 5.80. The molecule has 1 aliphatic rings. The molecule has 0 saturated heterocycles. The van der Waals surface area contributed by atoms with E-state index in [0.29, 0.717) is 4.58 Å². The van der Waals surface area contributed by atoms with E-state index in [9.17, 15) is 0 Å². The molecule has 1 nitrogen and oxygen atoms in total. The lowest BCUT2D eigenvalue weighted by Gasteiger charge is -2.11. The van der Waals surface area contributed by atoms with Crippen molar-refractivity contribution in [2.75, 3.05) is 5.75 Å². The van der Waals surface area contributed by atoms with Gasteiger partial charge in [0, 0.05) is 10.7 Å². The number of para-hydroxylation sites is 1. The third-order valence-corrected chi connectivity index (χ3v) is 6.19. The Labute approximate surface area is 133 Å². The number of hydrogen-bond acceptors (Lipinski definition) is 4. The van der Waals surface area contributed by atoms with Gasteiger partial charge in [-0.2, -0.15) is 12.6 Å². The summed E-state index contributed by atoms with van der Waals surface area (Å²) >= 11 is 8.05. The predicted octanol–water partition coefficient (Wildman–Crippen LogP) is 5.73. The third-order valence-electron chi connectivity index (χ3n) is 2.87. The second-order valence-corrected chi connectivity index (χ2v) is 7.14. The van der Waals surface area contributed by atoms with E-state index in [1.807, 2.05) is 66.0 Å². The molecule has 0 bridgehead atoms. The van der Waals surface area contributed by atoms with Crippen LogP contribution in [0.3, 0.4) is 0 Å². The minimum Gasteiger partial charge on any atom is -0.457 e. The summed E-state index contributed by atoms with van der Waals surface area (Å²) in [5.74, 6) is 2.56. The fourth-order valence-electron chi connectivity index (χ4n) is 1.87. The average molecular weight is 318 g/mol. The van der Waals surface area contributed by atoms with Crippen LogP contribution in [0.5, 0.6) is 11.5 Å². The summed E-state index contributed by atoms with van der Waals surface area (Å²) < 4.78 is 6.25. The summed E-state index contributed by atoms with van der Waals surface area (Å²) in [6.45, 7) is 0. The first-order valence-electron chi connectivity index (χ1n) is 6.30. The number of ether oxygens (including phenoxy) is 1. The molecular formula is C16H14OS3. The number of thiol groups is 1. The van der Waals surface area contributed by atoms with E-state index in [-0.39, 0.29) is 0 Å². The van der Waals surface area contributed by atoms with Gasteiger partial charge in [0.1, 0.15) is 11.5 Å². The van der Waals surface area contributed by atoms with Crippen molar-refractivity contribution < 1.29 is 4.74 Å². The normalized spacial score (nSPS) is 17.9. The lowest BCUT2D eigenvalue weighted by atomic mass is 10.2. The number of rotatable bonds is 4. The maximum atomic E-state index is 5.80. The fraction of sp³-hybridized carbons (Fsp3) is 0.125. The Morgan fingerprint density at radius 2 is 1.65 bits per heavy atom. The molecule has 2 aromatic rings. The van der Waals surface area contributed by atoms with E-state index in [2.05, 4.69) is 30.2 Å². The molecule has 1 heterocycles. The van der Waals surface area contributed by atoms with E-state index in [0.717, 1.165) is 17.3 Å². The van der Waals surface area contributed by atoms with Crippen molar-refractivity contribution >= 4 is 36.2 Å². The summed E-state index contributed by atoms with van der Waals surface area (Å²) in [4.78, 5) is 1.34. The fourth-order valence-corrected chi connectivity index (χ4v) is 4.77. The lowest BCUT2D eigenvalue weighted by molar-refractivity contribution is 0.482. The molecule has 0 amide bonds. The first-order valence-corrected chi connectivity index (χ1v) is 8.75. The minimum absolute atomic E-state index is 0.447. The molecule has 0 saturated carbocycles. The third kappa shape index (κ3) is 3.37. The van der Waals surface area contributed by atoms with Crippen molar-refractivity contribution in [1.29, 1.82) is 0 Å². The van der Waals surface area contributed by atoms with Gasteiger partial charge in [0.2, 0.25) is 0 Å². The molecule has 0 aliphatic carbocycles. The van der Waals surface area contributed by atoms with Crippen LogP contribution in [0, 0.1) is 0 Å². The van der Waals surface area contributed by atoms with Gasteiger partial charge in [-0.15, -0.1) is 23.5 Å². The zero-order valence-corrected chi connectivity index (χ0v) is 13.3. The molecule has 0 fully saturated rings. The highest BCUT2D eigenvalue weighted by molar-refractivity contribution is 8.22. The Hall–Kier alpha value is -0.970. The highest BCUT2D eigenvalue weighted by Crippen LogP contribution is 2.51. The molecule has 0 N–H and O–H groups in total. The molecule has 3 rings (SSSR count). The number of hydrogen-bond donors (Lipinski definition) is 1. The second kappa shape index (κ2) is 6.66. The Morgan fingerprint density at radius 3 is 2.30 bits per heavy atom. The monoisotopic (exact) mass is 318 g/mol. The second-order valence-electron chi connectivity index (χ2n) is 4.31. The maximum Gasteiger partial charge on any atom is 0.127 e. The van der Waals surface area contributed by atoms with Crippen molar-refractivity contribution in [2.45, 2.75) is 4.58 Å². The molecule has 4 heteroatoms. The average Bonchev–Trinajstić information content (AvgIpc) is 2.98. The predicted molar refractivity (Wildman–Crippen MR) is 92.8 cm³/mol. The first-order chi connectivity index (χ1) is 9.85. The highest BCUT2D eigenvalue weighted by Gasteiger charge is 2.19. The topological polar surface area (TPSA) is 9.23 Å². The summed E-state index contributed by atoms with van der Waals surface area (Å²) in [5, 5.41) is 2.21. The van der Waals surface area contributed by atoms with Gasteiger partial charge in [0.15, 0.2) is 0 Å². The molecular weight excluding hydrogens is 304 g/mol. The van der Waals surface area contributed by atoms with E-state index in [4.69, 9.17) is 4.74 Å². The zero-order valence-electron chi connectivity index (χ0n) is 10.7. The van der Waals surface area contributed by atoms with Crippen molar-refractivity contribution in [3.63, 3.8) is 0 Å². The van der Waals surface area contributed by atoms with Crippen LogP contribution in [0.1, 0.15) is 10.1 Å². The summed E-state index contributed by atoms with van der Waals surface area (Å²) in [6, 6.07) is 18.2. The standard InChI is InChI=1S/C16H14OS3/c18-10-15-11-19-16(20-15)12-6-8-14(9-7-12)17-13-4-2-1-3-5-13/h1-9,11,16,18H,10H2. The van der Waals surface area contributed by atoms with Crippen LogP contribution in [0.15, 0.2) is 64.9 Å². The molecule has 20 heavy (non-hydrogen) atoms. The van der Waals surface area contributed by atoms with Crippen LogP contribution in [-0.2, 0) is 0 Å². The highest BCUT2D eigenvalue weighted by atomic mass is 32.2. The Bertz CT molecular complexity index is 593. The Balaban J connectivity index is 1.66. The lowest BCUT2D eigenvalue weighted by Crippen LogP contribution is -1.87. The summed E-state index contributed by atoms with van der Waals surface area (Å²) in [6.07, 6.45) is 0. The SMILES string of the molecule is SCC1=CSC(c2ccc(Oc3ccccc3)cc2)S1. The smallest absolute Gasteiger partial charge is 0.127 e. The van der Waals surface area contributed by atoms with E-state index >= 15 is 0 Å². The first kappa shape index (κ1) is 14.0. The van der Waals surface area contributed by atoms with Crippen molar-refractivity contribution in [3.05, 3.63) is 70.5 Å². The Morgan fingerprint density at radius 1 is 0.950 bits per heavy atom. The molecule has 2 aromatic carbocycles. The molecule has 1 aliphatic heterocycles. The van der Waals surface area contributed by atoms with E-state index in [1.54, 1.807) is 0 Å². The van der Waals surface area contributed by atoms with Crippen molar-refractivity contribution in [3.8, 4) is 11.5 Å². The number of benzene rings is 2. The Kier molecular flexibility index (Phi) is 4.65. The van der Waals surface area contributed by atoms with Gasteiger partial charge >= 0.3 is 0 Å². The van der Waals surface area contributed by atoms with Crippen molar-refractivity contribution in [1.82, 2.24) is 0 Å². The molecule has 1 unspecified atom stereocenters. The van der Waals surface area contributed by atoms with E-state index in [1.165, 1.54) is 10.5 Å². The van der Waals surface area contributed by atoms with Crippen LogP contribution < -0.4 is 4.74 Å². The van der Waals surface area contributed by atoms with Crippen LogP contribution in [0.4, 0.5) is 0 Å². The van der Waals surface area contributed by atoms with Gasteiger partial charge in [-0.25, -0.2) is 0 Å². The van der Waals surface area contributed by atoms with Gasteiger partial charge in [0.05, 0.1) is 4.58 Å². The summed E-state index contributed by atoms with van der Waals surface area (Å²) in [5.41, 5.74) is 1.31. The molecule has 0 radical (unpaired) electrons.